The van der Waals surface area contributed by atoms with E-state index in [2.05, 4.69) is 45.2 Å². The molecule has 1 amide bonds. The van der Waals surface area contributed by atoms with Crippen molar-refractivity contribution < 1.29 is 19.7 Å². The summed E-state index contributed by atoms with van der Waals surface area (Å²) in [6.07, 6.45) is 4.72. The number of aliphatic hydroxyl groups is 1. The summed E-state index contributed by atoms with van der Waals surface area (Å²) in [6, 6.07) is 32.7. The molecule has 0 saturated carbocycles. The summed E-state index contributed by atoms with van der Waals surface area (Å²) < 4.78 is 5.79. The second kappa shape index (κ2) is 18.3. The van der Waals surface area contributed by atoms with Gasteiger partial charge in [0.2, 0.25) is 5.56 Å². The number of phenols is 1. The lowest BCUT2D eigenvalue weighted by Crippen LogP contribution is -2.34. The molecule has 4 aromatic carbocycles. The predicted molar refractivity (Wildman–Crippen MR) is 205 cm³/mol. The first-order valence-electron chi connectivity index (χ1n) is 17.9. The van der Waals surface area contributed by atoms with Crippen LogP contribution in [-0.4, -0.2) is 53.1 Å². The van der Waals surface area contributed by atoms with Gasteiger partial charge in [0.25, 0.3) is 0 Å². The van der Waals surface area contributed by atoms with Crippen molar-refractivity contribution in [1.82, 2.24) is 15.6 Å². The normalized spacial score (nSPS) is 12.1. The van der Waals surface area contributed by atoms with Crippen molar-refractivity contribution in [2.24, 2.45) is 0 Å². The Labute approximate surface area is 300 Å². The van der Waals surface area contributed by atoms with E-state index in [0.717, 1.165) is 68.6 Å². The van der Waals surface area contributed by atoms with Crippen LogP contribution in [0, 0.1) is 0 Å². The van der Waals surface area contributed by atoms with Crippen molar-refractivity contribution in [1.29, 1.82) is 0 Å². The van der Waals surface area contributed by atoms with Crippen LogP contribution in [0.5, 0.6) is 5.75 Å². The molecule has 0 fully saturated rings. The monoisotopic (exact) mass is 690 g/mol. The van der Waals surface area contributed by atoms with Crippen molar-refractivity contribution in [3.63, 3.8) is 0 Å². The number of rotatable bonds is 18. The summed E-state index contributed by atoms with van der Waals surface area (Å²) in [5.74, 6) is -0.0175. The van der Waals surface area contributed by atoms with Crippen LogP contribution in [0.15, 0.2) is 108 Å². The summed E-state index contributed by atoms with van der Waals surface area (Å²) in [6.45, 7) is 6.66. The van der Waals surface area contributed by atoms with Crippen LogP contribution < -0.4 is 21.5 Å². The largest absolute Gasteiger partial charge is 0.506 e. The van der Waals surface area contributed by atoms with E-state index < -0.39 is 17.8 Å². The number of benzene rings is 4. The molecule has 1 aromatic heterocycles. The van der Waals surface area contributed by atoms with Gasteiger partial charge in [0.15, 0.2) is 0 Å². The third-order valence-corrected chi connectivity index (χ3v) is 9.06. The lowest BCUT2D eigenvalue weighted by Gasteiger charge is -2.25. The average molecular weight is 691 g/mol. The van der Waals surface area contributed by atoms with Crippen molar-refractivity contribution in [2.75, 3.05) is 31.5 Å². The molecule has 0 saturated heterocycles. The predicted octanol–water partition coefficient (Wildman–Crippen LogP) is 7.49. The highest BCUT2D eigenvalue weighted by molar-refractivity contribution is 5.91. The van der Waals surface area contributed by atoms with E-state index >= 15 is 0 Å². The molecule has 0 aliphatic heterocycles. The number of aliphatic hydroxyl groups excluding tert-OH is 1. The number of amides is 1. The number of fused-ring (bicyclic) bond motifs is 1. The number of anilines is 1. The molecule has 0 aliphatic rings. The fourth-order valence-electron chi connectivity index (χ4n) is 6.17. The molecule has 5 rings (SSSR count). The smallest absolute Gasteiger partial charge is 0.412 e. The van der Waals surface area contributed by atoms with Crippen molar-refractivity contribution in [3.05, 3.63) is 130 Å². The number of aromatic nitrogens is 1. The Morgan fingerprint density at radius 3 is 2.29 bits per heavy atom. The molecule has 0 bridgehead atoms. The van der Waals surface area contributed by atoms with Crippen LogP contribution in [0.2, 0.25) is 0 Å². The number of nitrogens with one attached hydrogen (secondary N) is 4. The van der Waals surface area contributed by atoms with Gasteiger partial charge in [-0.15, -0.1) is 0 Å². The van der Waals surface area contributed by atoms with Crippen LogP contribution in [0.1, 0.15) is 62.3 Å². The minimum absolute atomic E-state index is 0.0175. The van der Waals surface area contributed by atoms with E-state index in [1.807, 2.05) is 68.4 Å². The van der Waals surface area contributed by atoms with Gasteiger partial charge in [-0.25, -0.2) is 4.79 Å². The van der Waals surface area contributed by atoms with E-state index in [1.54, 1.807) is 12.1 Å². The maximum Gasteiger partial charge on any atom is 0.412 e. The second-order valence-corrected chi connectivity index (χ2v) is 13.6. The Morgan fingerprint density at radius 2 is 1.51 bits per heavy atom. The lowest BCUT2D eigenvalue weighted by atomic mass is 10.0. The quantitative estimate of drug-likeness (QED) is 0.0525. The van der Waals surface area contributed by atoms with E-state index in [-0.39, 0.29) is 11.3 Å². The first kappa shape index (κ1) is 37.3. The van der Waals surface area contributed by atoms with E-state index in [1.165, 1.54) is 23.3 Å². The van der Waals surface area contributed by atoms with E-state index in [9.17, 15) is 19.8 Å². The highest BCUT2D eigenvalue weighted by atomic mass is 16.6. The molecular weight excluding hydrogens is 640 g/mol. The van der Waals surface area contributed by atoms with Gasteiger partial charge in [0.1, 0.15) is 11.4 Å². The SMILES string of the molecule is CC(C)(CCNCCCCCc1ccc(CCNCC(O)c2ccc(O)c3[nH]c(=O)ccc23)cc1)OC(=O)Nc1ccccc1-c1ccccc1. The molecule has 51 heavy (non-hydrogen) atoms. The third-order valence-electron chi connectivity index (χ3n) is 9.06. The number of phenolic OH excluding ortho intramolecular Hbond substituents is 1. The number of hydrogen-bond acceptors (Lipinski definition) is 7. The topological polar surface area (TPSA) is 136 Å². The third kappa shape index (κ3) is 11.3. The summed E-state index contributed by atoms with van der Waals surface area (Å²) in [5.41, 5.74) is 5.37. The summed E-state index contributed by atoms with van der Waals surface area (Å²) in [5, 5.41) is 31.2. The zero-order valence-corrected chi connectivity index (χ0v) is 29.6. The minimum Gasteiger partial charge on any atom is -0.506 e. The van der Waals surface area contributed by atoms with Crippen LogP contribution in [0.25, 0.3) is 22.0 Å². The van der Waals surface area contributed by atoms with Crippen molar-refractivity contribution >= 4 is 22.7 Å². The maximum absolute atomic E-state index is 12.8. The Balaban J connectivity index is 0.919. The first-order chi connectivity index (χ1) is 24.7. The van der Waals surface area contributed by atoms with Crippen LogP contribution in [-0.2, 0) is 17.6 Å². The van der Waals surface area contributed by atoms with Crippen molar-refractivity contribution in [2.45, 2.75) is 64.1 Å². The number of aryl methyl sites for hydroxylation is 1. The zero-order chi connectivity index (χ0) is 36.1. The number of carbonyl (C=O) groups excluding carboxylic acids is 1. The van der Waals surface area contributed by atoms with Gasteiger partial charge in [0.05, 0.1) is 17.3 Å². The van der Waals surface area contributed by atoms with Gasteiger partial charge in [0, 0.05) is 23.6 Å². The zero-order valence-electron chi connectivity index (χ0n) is 29.6. The number of pyridine rings is 1. The molecule has 0 spiro atoms. The minimum atomic E-state index is -0.773. The number of hydrogen-bond donors (Lipinski definition) is 6. The Bertz CT molecular complexity index is 1910. The van der Waals surface area contributed by atoms with Crippen LogP contribution >= 0.6 is 0 Å². The van der Waals surface area contributed by atoms with E-state index in [4.69, 9.17) is 4.74 Å². The molecule has 6 N–H and O–H groups in total. The Kier molecular flexibility index (Phi) is 13.4. The van der Waals surface area contributed by atoms with Gasteiger partial charge in [-0.05, 0) is 106 Å². The Morgan fingerprint density at radius 1 is 0.784 bits per heavy atom. The van der Waals surface area contributed by atoms with Crippen LogP contribution in [0.4, 0.5) is 10.5 Å². The van der Waals surface area contributed by atoms with Gasteiger partial charge in [-0.1, -0.05) is 85.3 Å². The summed E-state index contributed by atoms with van der Waals surface area (Å²) in [4.78, 5) is 27.0. The summed E-state index contributed by atoms with van der Waals surface area (Å²) >= 11 is 0. The first-order valence-corrected chi connectivity index (χ1v) is 17.9. The van der Waals surface area contributed by atoms with Gasteiger partial charge in [-0.3, -0.25) is 10.1 Å². The number of aromatic amines is 1. The molecule has 0 radical (unpaired) electrons. The molecule has 9 nitrogen and oxygen atoms in total. The van der Waals surface area contributed by atoms with Gasteiger partial charge < -0.3 is 30.6 Å². The molecule has 1 atom stereocenters. The average Bonchev–Trinajstić information content (AvgIpc) is 3.12. The van der Waals surface area contributed by atoms with Crippen LogP contribution in [0.3, 0.4) is 0 Å². The number of carbonyl (C=O) groups is 1. The Hall–Kier alpha value is -4.96. The fraction of sp³-hybridized carbons (Fsp3) is 0.333. The molecule has 1 unspecified atom stereocenters. The highest BCUT2D eigenvalue weighted by Gasteiger charge is 2.23. The number of para-hydroxylation sites is 1. The lowest BCUT2D eigenvalue weighted by molar-refractivity contribution is 0.0427. The molecule has 268 valence electrons. The molecular formula is C42H50N4O5. The number of aromatic hydroxyl groups is 1. The number of unbranched alkanes of at least 4 members (excludes halogenated alkanes) is 2. The van der Waals surface area contributed by atoms with Gasteiger partial charge >= 0.3 is 6.09 Å². The molecule has 5 aromatic rings. The second-order valence-electron chi connectivity index (χ2n) is 13.6. The number of H-pyrrole nitrogens is 1. The highest BCUT2D eigenvalue weighted by Crippen LogP contribution is 2.29. The number of ether oxygens (including phenoxy) is 1. The standard InChI is InChI=1S/C42H50N4O5/c1-42(2,51-41(50)45-36-15-9-8-14-33(36)32-12-6-3-7-13-32)25-28-43-26-10-4-5-11-30-16-18-31(19-17-30)24-27-44-29-38(48)34-20-22-37(47)40-35(34)21-23-39(49)46-40/h3,6-9,12-23,38,43-44,47-48H,4-5,10-11,24-29H2,1-2H3,(H,45,50)(H,46,49). The molecule has 0 aliphatic carbocycles. The molecule has 9 heteroatoms. The fourth-order valence-corrected chi connectivity index (χ4v) is 6.17. The maximum atomic E-state index is 12.8. The van der Waals surface area contributed by atoms with Gasteiger partial charge in [-0.2, -0.15) is 0 Å². The summed E-state index contributed by atoms with van der Waals surface area (Å²) in [7, 11) is 0. The molecule has 1 heterocycles. The van der Waals surface area contributed by atoms with Crippen molar-refractivity contribution in [3.8, 4) is 16.9 Å². The van der Waals surface area contributed by atoms with E-state index in [0.29, 0.717) is 29.4 Å².